The van der Waals surface area contributed by atoms with Gasteiger partial charge in [0.1, 0.15) is 0 Å². The molecule has 0 spiro atoms. The van der Waals surface area contributed by atoms with Gasteiger partial charge in [0.15, 0.2) is 0 Å². The number of benzene rings is 1. The summed E-state index contributed by atoms with van der Waals surface area (Å²) in [5.41, 5.74) is 2.99. The van der Waals surface area contributed by atoms with E-state index in [1.165, 1.54) is 11.8 Å². The smallest absolute Gasteiger partial charge is 0.411 e. The highest BCUT2D eigenvalue weighted by Crippen LogP contribution is 2.38. The molecule has 3 heterocycles. The summed E-state index contributed by atoms with van der Waals surface area (Å²) in [5.74, 6) is 0.494. The van der Waals surface area contributed by atoms with Crippen LogP contribution in [0.2, 0.25) is 0 Å². The van der Waals surface area contributed by atoms with Gasteiger partial charge in [-0.05, 0) is 50.0 Å². The Balaban J connectivity index is 1.67. The Labute approximate surface area is 163 Å². The van der Waals surface area contributed by atoms with Crippen molar-refractivity contribution in [1.82, 2.24) is 15.1 Å². The maximum Gasteiger partial charge on any atom is 0.411 e. The quantitative estimate of drug-likeness (QED) is 0.849. The maximum atomic E-state index is 12.1. The minimum Gasteiger partial charge on any atom is -0.465 e. The van der Waals surface area contributed by atoms with Crippen LogP contribution in [0.3, 0.4) is 0 Å². The molecule has 8 heteroatoms. The van der Waals surface area contributed by atoms with Crippen molar-refractivity contribution in [1.29, 1.82) is 0 Å². The molecule has 0 radical (unpaired) electrons. The Hall–Kier alpha value is -2.87. The van der Waals surface area contributed by atoms with Crippen LogP contribution in [0.25, 0.3) is 11.1 Å². The van der Waals surface area contributed by atoms with E-state index in [4.69, 9.17) is 0 Å². The SMILES string of the molecule is CC(=O)N1c2ccc(-c3cnn(C[C@H]4CCNC4)c3)cc2N(C(=O)O)C[C@@H]1C. The lowest BCUT2D eigenvalue weighted by molar-refractivity contribution is -0.117. The average Bonchev–Trinajstić information content (AvgIpc) is 3.32. The van der Waals surface area contributed by atoms with Gasteiger partial charge in [-0.25, -0.2) is 4.79 Å². The largest absolute Gasteiger partial charge is 0.465 e. The van der Waals surface area contributed by atoms with Gasteiger partial charge in [-0.1, -0.05) is 6.07 Å². The van der Waals surface area contributed by atoms with E-state index < -0.39 is 6.09 Å². The van der Waals surface area contributed by atoms with Crippen molar-refractivity contribution < 1.29 is 14.7 Å². The molecule has 8 nitrogen and oxygen atoms in total. The fourth-order valence-corrected chi connectivity index (χ4v) is 4.21. The van der Waals surface area contributed by atoms with Crippen molar-refractivity contribution in [3.05, 3.63) is 30.6 Å². The number of carbonyl (C=O) groups is 2. The summed E-state index contributed by atoms with van der Waals surface area (Å²) >= 11 is 0. The molecule has 0 aliphatic carbocycles. The number of carboxylic acid groups (broad SMARTS) is 1. The predicted molar refractivity (Wildman–Crippen MR) is 107 cm³/mol. The maximum absolute atomic E-state index is 12.1. The Morgan fingerprint density at radius 3 is 2.79 bits per heavy atom. The van der Waals surface area contributed by atoms with Crippen LogP contribution < -0.4 is 15.1 Å². The first-order chi connectivity index (χ1) is 13.4. The molecule has 0 bridgehead atoms. The second-order valence-electron chi connectivity index (χ2n) is 7.64. The number of nitrogens with one attached hydrogen (secondary N) is 1. The zero-order valence-electron chi connectivity index (χ0n) is 16.1. The Morgan fingerprint density at radius 1 is 1.29 bits per heavy atom. The van der Waals surface area contributed by atoms with Crippen LogP contribution in [0.5, 0.6) is 0 Å². The van der Waals surface area contributed by atoms with E-state index in [1.54, 1.807) is 4.90 Å². The van der Waals surface area contributed by atoms with Crippen LogP contribution in [-0.4, -0.2) is 52.6 Å². The van der Waals surface area contributed by atoms with E-state index in [9.17, 15) is 14.7 Å². The minimum absolute atomic E-state index is 0.0930. The monoisotopic (exact) mass is 383 g/mol. The number of hydrogen-bond donors (Lipinski definition) is 2. The molecule has 1 saturated heterocycles. The molecule has 2 aromatic rings. The van der Waals surface area contributed by atoms with Gasteiger partial charge in [0.25, 0.3) is 0 Å². The lowest BCUT2D eigenvalue weighted by Crippen LogP contribution is -2.51. The summed E-state index contributed by atoms with van der Waals surface area (Å²) in [7, 11) is 0. The van der Waals surface area contributed by atoms with Crippen LogP contribution in [0.15, 0.2) is 30.6 Å². The predicted octanol–water partition coefficient (Wildman–Crippen LogP) is 2.40. The number of amides is 2. The highest BCUT2D eigenvalue weighted by atomic mass is 16.4. The molecule has 2 aliphatic heterocycles. The molecule has 1 aromatic carbocycles. The number of hydrogen-bond acceptors (Lipinski definition) is 4. The standard InChI is InChI=1S/C20H25N5O3/c1-13-10-24(20(27)28)19-7-16(3-4-18(19)25(13)14(2)26)17-9-22-23(12-17)11-15-5-6-21-8-15/h3-4,7,9,12-13,15,21H,5-6,8,10-11H2,1-2H3,(H,27,28)/t13-,15-/m0/s1. The van der Waals surface area contributed by atoms with Crippen molar-refractivity contribution >= 4 is 23.4 Å². The summed E-state index contributed by atoms with van der Waals surface area (Å²) in [6.45, 7) is 6.55. The van der Waals surface area contributed by atoms with Crippen molar-refractivity contribution in [3.8, 4) is 11.1 Å². The summed E-state index contributed by atoms with van der Waals surface area (Å²) < 4.78 is 1.95. The lowest BCUT2D eigenvalue weighted by Gasteiger charge is -2.39. The molecule has 148 valence electrons. The first-order valence-corrected chi connectivity index (χ1v) is 9.62. The molecule has 1 aromatic heterocycles. The fourth-order valence-electron chi connectivity index (χ4n) is 4.21. The van der Waals surface area contributed by atoms with E-state index in [0.717, 1.165) is 37.2 Å². The molecule has 0 unspecified atom stereocenters. The van der Waals surface area contributed by atoms with Gasteiger partial charge in [0.2, 0.25) is 5.91 Å². The van der Waals surface area contributed by atoms with Crippen LogP contribution in [0.1, 0.15) is 20.3 Å². The Bertz CT molecular complexity index is 903. The number of anilines is 2. The highest BCUT2D eigenvalue weighted by molar-refractivity contribution is 6.02. The number of nitrogens with zero attached hydrogens (tertiary/aromatic N) is 4. The third-order valence-corrected chi connectivity index (χ3v) is 5.56. The molecule has 2 atom stereocenters. The van der Waals surface area contributed by atoms with Crippen LogP contribution in [-0.2, 0) is 11.3 Å². The van der Waals surface area contributed by atoms with Crippen LogP contribution in [0.4, 0.5) is 16.2 Å². The summed E-state index contributed by atoms with van der Waals surface area (Å²) in [6.07, 6.45) is 3.95. The van der Waals surface area contributed by atoms with Gasteiger partial charge in [-0.15, -0.1) is 0 Å². The van der Waals surface area contributed by atoms with Crippen LogP contribution >= 0.6 is 0 Å². The van der Waals surface area contributed by atoms with Crippen molar-refractivity contribution in [3.63, 3.8) is 0 Å². The molecular formula is C20H25N5O3. The normalized spacial score (nSPS) is 21.6. The van der Waals surface area contributed by atoms with Gasteiger partial charge in [0.05, 0.1) is 23.6 Å². The molecule has 2 aliphatic rings. The molecular weight excluding hydrogens is 358 g/mol. The van der Waals surface area contributed by atoms with E-state index >= 15 is 0 Å². The van der Waals surface area contributed by atoms with Crippen LogP contribution in [0, 0.1) is 5.92 Å². The van der Waals surface area contributed by atoms with Crippen molar-refractivity contribution in [2.75, 3.05) is 29.4 Å². The van der Waals surface area contributed by atoms with E-state index in [-0.39, 0.29) is 18.5 Å². The van der Waals surface area contributed by atoms with Crippen molar-refractivity contribution in [2.45, 2.75) is 32.9 Å². The van der Waals surface area contributed by atoms with Gasteiger partial charge in [-0.2, -0.15) is 5.10 Å². The third kappa shape index (κ3) is 3.35. The highest BCUT2D eigenvalue weighted by Gasteiger charge is 2.33. The van der Waals surface area contributed by atoms with Gasteiger partial charge in [-0.3, -0.25) is 14.4 Å². The third-order valence-electron chi connectivity index (χ3n) is 5.56. The van der Waals surface area contributed by atoms with E-state index in [2.05, 4.69) is 10.4 Å². The van der Waals surface area contributed by atoms with Crippen molar-refractivity contribution in [2.24, 2.45) is 5.92 Å². The van der Waals surface area contributed by atoms with E-state index in [0.29, 0.717) is 17.3 Å². The molecule has 4 rings (SSSR count). The minimum atomic E-state index is -1.02. The molecule has 0 saturated carbocycles. The number of fused-ring (bicyclic) bond motifs is 1. The Morgan fingerprint density at radius 2 is 2.11 bits per heavy atom. The molecule has 2 N–H and O–H groups in total. The first kappa shape index (κ1) is 18.5. The molecule has 28 heavy (non-hydrogen) atoms. The van der Waals surface area contributed by atoms with E-state index in [1.807, 2.05) is 42.2 Å². The van der Waals surface area contributed by atoms with Gasteiger partial charge >= 0.3 is 6.09 Å². The molecule has 1 fully saturated rings. The lowest BCUT2D eigenvalue weighted by atomic mass is 10.0. The zero-order valence-corrected chi connectivity index (χ0v) is 16.1. The summed E-state index contributed by atoms with van der Waals surface area (Å²) in [5, 5.41) is 17.5. The second kappa shape index (κ2) is 7.27. The molecule has 2 amide bonds. The number of rotatable bonds is 3. The number of carbonyl (C=O) groups excluding carboxylic acids is 1. The topological polar surface area (TPSA) is 90.7 Å². The van der Waals surface area contributed by atoms with Gasteiger partial charge < -0.3 is 15.3 Å². The number of aromatic nitrogens is 2. The average molecular weight is 383 g/mol. The fraction of sp³-hybridized carbons (Fsp3) is 0.450. The summed E-state index contributed by atoms with van der Waals surface area (Å²) in [4.78, 5) is 26.9. The first-order valence-electron chi connectivity index (χ1n) is 9.62. The Kier molecular flexibility index (Phi) is 4.80. The summed E-state index contributed by atoms with van der Waals surface area (Å²) in [6, 6.07) is 5.38. The van der Waals surface area contributed by atoms with Gasteiger partial charge in [0, 0.05) is 31.8 Å². The second-order valence-corrected chi connectivity index (χ2v) is 7.64. The zero-order chi connectivity index (χ0) is 19.8.